The van der Waals surface area contributed by atoms with Gasteiger partial charge in [-0.1, -0.05) is 42.2 Å². The number of fused-ring (bicyclic) bond motifs is 1. The van der Waals surface area contributed by atoms with Crippen LogP contribution >= 0.6 is 24.0 Å². The summed E-state index contributed by atoms with van der Waals surface area (Å²) >= 11 is 6.52. The van der Waals surface area contributed by atoms with Crippen LogP contribution in [0.25, 0.3) is 5.57 Å². The number of methoxy groups -OCH3 is 3. The van der Waals surface area contributed by atoms with Crippen LogP contribution in [0.5, 0.6) is 11.5 Å². The van der Waals surface area contributed by atoms with Crippen LogP contribution in [-0.2, 0) is 19.1 Å². The first kappa shape index (κ1) is 21.8. The molecule has 0 aliphatic carbocycles. The summed E-state index contributed by atoms with van der Waals surface area (Å²) in [7, 11) is 4.26. The normalized spacial score (nSPS) is 17.7. The van der Waals surface area contributed by atoms with Crippen molar-refractivity contribution in [2.75, 3.05) is 37.7 Å². The van der Waals surface area contributed by atoms with E-state index in [2.05, 4.69) is 0 Å². The van der Waals surface area contributed by atoms with Crippen LogP contribution in [0, 0.1) is 0 Å². The first-order valence-electron chi connectivity index (χ1n) is 9.42. The van der Waals surface area contributed by atoms with E-state index >= 15 is 0 Å². The van der Waals surface area contributed by atoms with E-state index in [9.17, 15) is 14.4 Å². The first-order valence-corrected chi connectivity index (χ1v) is 10.6. The number of para-hydroxylation sites is 1. The number of amides is 2. The van der Waals surface area contributed by atoms with E-state index in [1.165, 1.54) is 31.1 Å². The van der Waals surface area contributed by atoms with Gasteiger partial charge in [-0.05, 0) is 18.2 Å². The molecule has 10 heteroatoms. The van der Waals surface area contributed by atoms with Gasteiger partial charge in [0, 0.05) is 11.6 Å². The number of esters is 1. The molecule has 4 rings (SSSR count). The molecule has 2 heterocycles. The molecule has 0 N–H and O–H groups in total. The van der Waals surface area contributed by atoms with Gasteiger partial charge in [-0.15, -0.1) is 0 Å². The van der Waals surface area contributed by atoms with Crippen LogP contribution in [0.1, 0.15) is 5.56 Å². The van der Waals surface area contributed by atoms with E-state index in [4.69, 9.17) is 26.4 Å². The maximum absolute atomic E-state index is 13.5. The summed E-state index contributed by atoms with van der Waals surface area (Å²) in [6, 6.07) is 12.0. The van der Waals surface area contributed by atoms with Crippen LogP contribution in [0.4, 0.5) is 11.4 Å². The fraction of sp³-hybridized carbons (Fsp3) is 0.182. The number of ether oxygens (including phenoxy) is 3. The predicted octanol–water partition coefficient (Wildman–Crippen LogP) is 3.00. The van der Waals surface area contributed by atoms with Crippen LogP contribution in [0.3, 0.4) is 0 Å². The molecule has 2 amide bonds. The number of carbonyl (C=O) groups excluding carboxylic acids is 3. The largest absolute Gasteiger partial charge is 0.497 e. The van der Waals surface area contributed by atoms with Gasteiger partial charge in [-0.2, -0.15) is 0 Å². The molecule has 0 radical (unpaired) electrons. The number of thiocarbonyl (C=S) groups is 1. The van der Waals surface area contributed by atoms with Crippen molar-refractivity contribution >= 4 is 63.0 Å². The summed E-state index contributed by atoms with van der Waals surface area (Å²) in [5.74, 6) is -0.532. The Labute approximate surface area is 193 Å². The van der Waals surface area contributed by atoms with E-state index in [0.717, 1.165) is 11.8 Å². The van der Waals surface area contributed by atoms with Gasteiger partial charge >= 0.3 is 5.97 Å². The fourth-order valence-electron chi connectivity index (χ4n) is 3.55. The van der Waals surface area contributed by atoms with Crippen molar-refractivity contribution in [3.8, 4) is 11.5 Å². The summed E-state index contributed by atoms with van der Waals surface area (Å²) in [5.41, 5.74) is 1.70. The van der Waals surface area contributed by atoms with Crippen LogP contribution < -0.4 is 19.3 Å². The molecule has 0 unspecified atom stereocenters. The van der Waals surface area contributed by atoms with Crippen LogP contribution in [-0.4, -0.2) is 50.0 Å². The quantitative estimate of drug-likeness (QED) is 0.375. The van der Waals surface area contributed by atoms with Crippen molar-refractivity contribution in [1.29, 1.82) is 0 Å². The molecular formula is C22H18N2O6S2. The summed E-state index contributed by atoms with van der Waals surface area (Å²) in [5, 5.41) is 0. The fourth-order valence-corrected chi connectivity index (χ4v) is 4.90. The molecule has 2 aliphatic rings. The number of rotatable bonds is 5. The van der Waals surface area contributed by atoms with Crippen molar-refractivity contribution < 1.29 is 28.6 Å². The van der Waals surface area contributed by atoms with E-state index in [1.54, 1.807) is 42.5 Å². The van der Waals surface area contributed by atoms with Gasteiger partial charge in [0.05, 0.1) is 43.2 Å². The SMILES string of the molecule is COC(=O)CN1C(=O)/C(=C2\SC(=S)N(c3cc(OC)ccc3OC)C2=O)c2ccccc21. The minimum atomic E-state index is -0.567. The molecule has 0 bridgehead atoms. The van der Waals surface area contributed by atoms with Crippen LogP contribution in [0.2, 0.25) is 0 Å². The van der Waals surface area contributed by atoms with Gasteiger partial charge in [0.1, 0.15) is 18.0 Å². The molecule has 0 aromatic heterocycles. The molecule has 164 valence electrons. The lowest BCUT2D eigenvalue weighted by Crippen LogP contribution is -2.33. The number of anilines is 2. The topological polar surface area (TPSA) is 85.4 Å². The second kappa shape index (κ2) is 8.64. The Bertz CT molecular complexity index is 1190. The standard InChI is InChI=1S/C22H18N2O6S2/c1-28-12-8-9-16(29-2)15(10-12)24-21(27)19(32-22(24)31)18-13-6-4-5-7-14(13)23(20(18)26)11-17(25)30-3/h4-10H,11H2,1-3H3/b19-18-. The van der Waals surface area contributed by atoms with E-state index < -0.39 is 17.8 Å². The Morgan fingerprint density at radius 1 is 1.00 bits per heavy atom. The van der Waals surface area contributed by atoms with Gasteiger partial charge in [0.15, 0.2) is 4.32 Å². The number of hydrogen-bond donors (Lipinski definition) is 0. The lowest BCUT2D eigenvalue weighted by atomic mass is 10.1. The highest BCUT2D eigenvalue weighted by molar-refractivity contribution is 8.27. The van der Waals surface area contributed by atoms with E-state index in [-0.39, 0.29) is 21.3 Å². The van der Waals surface area contributed by atoms with Crippen molar-refractivity contribution in [2.45, 2.75) is 0 Å². The highest BCUT2D eigenvalue weighted by Crippen LogP contribution is 2.47. The Kier molecular flexibility index (Phi) is 5.90. The Morgan fingerprint density at radius 2 is 1.75 bits per heavy atom. The van der Waals surface area contributed by atoms with Crippen LogP contribution in [0.15, 0.2) is 47.4 Å². The summed E-state index contributed by atoms with van der Waals surface area (Å²) in [6.45, 7) is -0.264. The second-order valence-electron chi connectivity index (χ2n) is 6.74. The minimum absolute atomic E-state index is 0.185. The zero-order chi connectivity index (χ0) is 23.0. The van der Waals surface area contributed by atoms with Gasteiger partial charge in [-0.3, -0.25) is 24.2 Å². The highest BCUT2D eigenvalue weighted by Gasteiger charge is 2.43. The number of benzene rings is 2. The zero-order valence-electron chi connectivity index (χ0n) is 17.4. The molecule has 8 nitrogen and oxygen atoms in total. The number of thioether (sulfide) groups is 1. The smallest absolute Gasteiger partial charge is 0.325 e. The van der Waals surface area contributed by atoms with Crippen molar-refractivity contribution in [3.05, 3.63) is 52.9 Å². The molecule has 2 aromatic carbocycles. The monoisotopic (exact) mass is 470 g/mol. The van der Waals surface area contributed by atoms with E-state index in [1.807, 2.05) is 0 Å². The average molecular weight is 471 g/mol. The first-order chi connectivity index (χ1) is 15.4. The Hall–Kier alpha value is -3.37. The predicted molar refractivity (Wildman–Crippen MR) is 125 cm³/mol. The molecule has 0 saturated carbocycles. The molecule has 1 fully saturated rings. The third-order valence-electron chi connectivity index (χ3n) is 5.06. The maximum atomic E-state index is 13.5. The minimum Gasteiger partial charge on any atom is -0.497 e. The highest BCUT2D eigenvalue weighted by atomic mass is 32.2. The lowest BCUT2D eigenvalue weighted by molar-refractivity contribution is -0.139. The van der Waals surface area contributed by atoms with E-state index in [0.29, 0.717) is 28.4 Å². The van der Waals surface area contributed by atoms with Crippen molar-refractivity contribution in [2.24, 2.45) is 0 Å². The average Bonchev–Trinajstić information content (AvgIpc) is 3.25. The third-order valence-corrected chi connectivity index (χ3v) is 6.43. The molecule has 1 saturated heterocycles. The van der Waals surface area contributed by atoms with Crippen molar-refractivity contribution in [1.82, 2.24) is 0 Å². The zero-order valence-corrected chi connectivity index (χ0v) is 19.0. The summed E-state index contributed by atoms with van der Waals surface area (Å²) < 4.78 is 15.7. The maximum Gasteiger partial charge on any atom is 0.325 e. The molecular weight excluding hydrogens is 452 g/mol. The van der Waals surface area contributed by atoms with Gasteiger partial charge in [0.2, 0.25) is 0 Å². The third kappa shape index (κ3) is 3.51. The number of nitrogens with zero attached hydrogens (tertiary/aromatic N) is 2. The number of hydrogen-bond acceptors (Lipinski definition) is 8. The Balaban J connectivity index is 1.82. The van der Waals surface area contributed by atoms with Crippen molar-refractivity contribution in [3.63, 3.8) is 0 Å². The molecule has 0 atom stereocenters. The molecule has 32 heavy (non-hydrogen) atoms. The summed E-state index contributed by atoms with van der Waals surface area (Å²) in [4.78, 5) is 41.5. The molecule has 2 aliphatic heterocycles. The number of carbonyl (C=O) groups is 3. The van der Waals surface area contributed by atoms with Gasteiger partial charge < -0.3 is 14.2 Å². The molecule has 2 aromatic rings. The second-order valence-corrected chi connectivity index (χ2v) is 8.38. The lowest BCUT2D eigenvalue weighted by Gasteiger charge is -2.18. The van der Waals surface area contributed by atoms with Gasteiger partial charge in [0.25, 0.3) is 11.8 Å². The Morgan fingerprint density at radius 3 is 2.44 bits per heavy atom. The van der Waals surface area contributed by atoms with Gasteiger partial charge in [-0.25, -0.2) is 0 Å². The molecule has 0 spiro atoms. The summed E-state index contributed by atoms with van der Waals surface area (Å²) in [6.07, 6.45) is 0.